The lowest BCUT2D eigenvalue weighted by Crippen LogP contribution is -2.02. The fourth-order valence-electron chi connectivity index (χ4n) is 3.82. The number of hydrogen-bond donors (Lipinski definition) is 0. The zero-order valence-electron chi connectivity index (χ0n) is 16.3. The first-order valence-corrected chi connectivity index (χ1v) is 9.29. The fourth-order valence-corrected chi connectivity index (χ4v) is 3.82. The molecule has 8 heteroatoms. The molecule has 142 valence electrons. The highest BCUT2D eigenvalue weighted by molar-refractivity contribution is 5.60. The lowest BCUT2D eigenvalue weighted by Gasteiger charge is -2.04. The second-order valence-corrected chi connectivity index (χ2v) is 7.35. The molecular weight excluding hydrogens is 354 g/mol. The van der Waals surface area contributed by atoms with Crippen LogP contribution in [-0.4, -0.2) is 41.7 Å². The smallest absolute Gasteiger partial charge is 0.213 e. The van der Waals surface area contributed by atoms with Crippen molar-refractivity contribution in [1.82, 2.24) is 34.6 Å². The minimum atomic E-state index is 0.411. The van der Waals surface area contributed by atoms with Gasteiger partial charge in [0.05, 0.1) is 18.5 Å². The van der Waals surface area contributed by atoms with Gasteiger partial charge in [-0.1, -0.05) is 0 Å². The van der Waals surface area contributed by atoms with Gasteiger partial charge in [-0.05, 0) is 55.5 Å². The Balaban J connectivity index is 1.48. The third-order valence-electron chi connectivity index (χ3n) is 5.44. The summed E-state index contributed by atoms with van der Waals surface area (Å²) in [5.74, 6) is 2.30. The van der Waals surface area contributed by atoms with Gasteiger partial charge >= 0.3 is 0 Å². The number of aromatic nitrogens is 7. The van der Waals surface area contributed by atoms with Gasteiger partial charge in [0, 0.05) is 25.2 Å². The molecule has 1 saturated carbocycles. The van der Waals surface area contributed by atoms with E-state index < -0.39 is 0 Å². The van der Waals surface area contributed by atoms with Crippen molar-refractivity contribution in [2.24, 2.45) is 7.05 Å². The van der Waals surface area contributed by atoms with Crippen LogP contribution in [-0.2, 0) is 7.05 Å². The Morgan fingerprint density at radius 1 is 1.07 bits per heavy atom. The van der Waals surface area contributed by atoms with Crippen LogP contribution in [0.5, 0.6) is 5.88 Å². The average molecular weight is 375 g/mol. The van der Waals surface area contributed by atoms with Crippen molar-refractivity contribution in [3.8, 4) is 17.3 Å². The number of ether oxygens (including phenoxy) is 1. The van der Waals surface area contributed by atoms with Crippen LogP contribution in [0.25, 0.3) is 17.0 Å². The average Bonchev–Trinajstić information content (AvgIpc) is 3.28. The molecule has 0 bridgehead atoms. The van der Waals surface area contributed by atoms with Crippen molar-refractivity contribution in [2.45, 2.75) is 32.1 Å². The second kappa shape index (κ2) is 6.12. The summed E-state index contributed by atoms with van der Waals surface area (Å²) in [6.07, 6.45) is 2.89. The van der Waals surface area contributed by atoms with Crippen LogP contribution in [0.2, 0.25) is 0 Å². The number of fused-ring (bicyclic) bond motifs is 1. The van der Waals surface area contributed by atoms with Crippen LogP contribution >= 0.6 is 0 Å². The minimum Gasteiger partial charge on any atom is -0.481 e. The Kier molecular flexibility index (Phi) is 3.68. The van der Waals surface area contributed by atoms with Gasteiger partial charge in [-0.25, -0.2) is 4.98 Å². The predicted octanol–water partition coefficient (Wildman–Crippen LogP) is 2.82. The molecular formula is C20H21N7O. The summed E-state index contributed by atoms with van der Waals surface area (Å²) >= 11 is 0. The lowest BCUT2D eigenvalue weighted by molar-refractivity contribution is 0.397. The molecule has 0 aromatic carbocycles. The first kappa shape index (κ1) is 16.9. The maximum atomic E-state index is 5.25. The van der Waals surface area contributed by atoms with E-state index >= 15 is 0 Å². The monoisotopic (exact) mass is 375 g/mol. The number of methoxy groups -OCH3 is 1. The molecule has 28 heavy (non-hydrogen) atoms. The molecule has 0 radical (unpaired) electrons. The van der Waals surface area contributed by atoms with Crippen LogP contribution in [0, 0.1) is 13.8 Å². The molecule has 4 aromatic rings. The first-order valence-electron chi connectivity index (χ1n) is 9.29. The molecule has 2 unspecified atom stereocenters. The van der Waals surface area contributed by atoms with Gasteiger partial charge in [-0.3, -0.25) is 4.68 Å². The molecule has 8 nitrogen and oxygen atoms in total. The normalized spacial score (nSPS) is 18.6. The Labute approximate surface area is 162 Å². The highest BCUT2D eigenvalue weighted by Crippen LogP contribution is 2.54. The van der Waals surface area contributed by atoms with Gasteiger partial charge in [0.25, 0.3) is 0 Å². The molecule has 0 spiro atoms. The van der Waals surface area contributed by atoms with Crippen LogP contribution in [0.1, 0.15) is 40.9 Å². The molecule has 2 atom stereocenters. The van der Waals surface area contributed by atoms with E-state index in [1.807, 2.05) is 37.7 Å². The molecule has 4 heterocycles. The summed E-state index contributed by atoms with van der Waals surface area (Å²) in [6.45, 7) is 3.93. The van der Waals surface area contributed by atoms with E-state index in [2.05, 4.69) is 27.3 Å². The number of pyridine rings is 1. The molecule has 0 amide bonds. The fraction of sp³-hybridized carbons (Fsp3) is 0.350. The summed E-state index contributed by atoms with van der Waals surface area (Å²) in [6, 6.07) is 8.27. The first-order chi connectivity index (χ1) is 13.5. The Morgan fingerprint density at radius 3 is 2.75 bits per heavy atom. The van der Waals surface area contributed by atoms with Crippen LogP contribution < -0.4 is 4.74 Å². The van der Waals surface area contributed by atoms with Crippen molar-refractivity contribution in [2.75, 3.05) is 7.11 Å². The zero-order chi connectivity index (χ0) is 19.4. The maximum Gasteiger partial charge on any atom is 0.213 e. The number of aryl methyl sites for hydroxylation is 3. The molecule has 0 aliphatic heterocycles. The third-order valence-corrected chi connectivity index (χ3v) is 5.44. The van der Waals surface area contributed by atoms with Crippen LogP contribution in [0.3, 0.4) is 0 Å². The highest BCUT2D eigenvalue weighted by atomic mass is 16.5. The number of nitrogens with zero attached hydrogens (tertiary/aromatic N) is 7. The molecule has 0 saturated heterocycles. The van der Waals surface area contributed by atoms with Crippen molar-refractivity contribution in [1.29, 1.82) is 0 Å². The van der Waals surface area contributed by atoms with Gasteiger partial charge in [0.2, 0.25) is 5.88 Å². The van der Waals surface area contributed by atoms with E-state index in [0.717, 1.165) is 40.5 Å². The van der Waals surface area contributed by atoms with Crippen LogP contribution in [0.4, 0.5) is 0 Å². The molecule has 0 N–H and O–H groups in total. The molecule has 1 aliphatic rings. The second-order valence-electron chi connectivity index (χ2n) is 7.35. The van der Waals surface area contributed by atoms with Gasteiger partial charge in [-0.2, -0.15) is 14.7 Å². The maximum absolute atomic E-state index is 5.25. The highest BCUT2D eigenvalue weighted by Gasteiger charge is 2.41. The van der Waals surface area contributed by atoms with Gasteiger partial charge < -0.3 is 4.74 Å². The third kappa shape index (κ3) is 2.64. The Bertz CT molecular complexity index is 1190. The Morgan fingerprint density at radius 2 is 1.93 bits per heavy atom. The number of rotatable bonds is 4. The summed E-state index contributed by atoms with van der Waals surface area (Å²) in [7, 11) is 3.61. The van der Waals surface area contributed by atoms with Gasteiger partial charge in [0.1, 0.15) is 5.69 Å². The van der Waals surface area contributed by atoms with Crippen molar-refractivity contribution < 1.29 is 4.74 Å². The van der Waals surface area contributed by atoms with Crippen molar-refractivity contribution in [3.63, 3.8) is 0 Å². The summed E-state index contributed by atoms with van der Waals surface area (Å²) in [5, 5.41) is 17.8. The van der Waals surface area contributed by atoms with Crippen molar-refractivity contribution in [3.05, 3.63) is 53.1 Å². The topological polar surface area (TPSA) is 83.0 Å². The van der Waals surface area contributed by atoms with E-state index in [4.69, 9.17) is 14.9 Å². The van der Waals surface area contributed by atoms with Gasteiger partial charge in [-0.15, -0.1) is 10.2 Å². The summed E-state index contributed by atoms with van der Waals surface area (Å²) in [5.41, 5.74) is 6.04. The quantitative estimate of drug-likeness (QED) is 0.545. The largest absolute Gasteiger partial charge is 0.481 e. The minimum absolute atomic E-state index is 0.411. The molecule has 4 aromatic heterocycles. The SMILES string of the molecule is COc1cc(C2CC2c2cc(-c3cc(C)c4nnc(C)n4n3)n(C)n2)ccn1. The lowest BCUT2D eigenvalue weighted by atomic mass is 10.1. The molecule has 1 fully saturated rings. The van der Waals surface area contributed by atoms with E-state index in [1.165, 1.54) is 5.56 Å². The standard InChI is InChI=1S/C20H21N7O/c1-11-7-17(25-27-12(2)22-23-20(11)27)18-10-16(24-26(18)3)15-9-14(15)13-5-6-21-19(8-13)28-4/h5-8,10,14-15H,9H2,1-4H3. The van der Waals surface area contributed by atoms with Crippen molar-refractivity contribution >= 4 is 5.65 Å². The van der Waals surface area contributed by atoms with E-state index in [0.29, 0.717) is 17.7 Å². The number of hydrogen-bond acceptors (Lipinski definition) is 6. The van der Waals surface area contributed by atoms with E-state index in [9.17, 15) is 0 Å². The molecule has 5 rings (SSSR count). The predicted molar refractivity (Wildman–Crippen MR) is 103 cm³/mol. The molecule has 1 aliphatic carbocycles. The zero-order valence-corrected chi connectivity index (χ0v) is 16.3. The summed E-state index contributed by atoms with van der Waals surface area (Å²) in [4.78, 5) is 4.20. The summed E-state index contributed by atoms with van der Waals surface area (Å²) < 4.78 is 8.95. The van der Waals surface area contributed by atoms with E-state index in [1.54, 1.807) is 17.8 Å². The van der Waals surface area contributed by atoms with Gasteiger partial charge in [0.15, 0.2) is 11.5 Å². The van der Waals surface area contributed by atoms with E-state index in [-0.39, 0.29) is 0 Å². The Hall–Kier alpha value is -3.29. The van der Waals surface area contributed by atoms with Crippen LogP contribution in [0.15, 0.2) is 30.5 Å².